The Morgan fingerprint density at radius 1 is 0.952 bits per heavy atom. The van der Waals surface area contributed by atoms with Gasteiger partial charge < -0.3 is 15.5 Å². The van der Waals surface area contributed by atoms with Crippen LogP contribution in [0.5, 0.6) is 0 Å². The van der Waals surface area contributed by atoms with E-state index in [1.165, 1.54) is 29.9 Å². The Morgan fingerprint density at radius 2 is 1.57 bits per heavy atom. The fourth-order valence-electron chi connectivity index (χ4n) is 2.94. The van der Waals surface area contributed by atoms with E-state index >= 15 is 0 Å². The van der Waals surface area contributed by atoms with Crippen molar-refractivity contribution in [2.75, 3.05) is 36.8 Å². The first-order valence-electron chi connectivity index (χ1n) is 7.70. The first kappa shape index (κ1) is 14.0. The number of anilines is 2. The van der Waals surface area contributed by atoms with Gasteiger partial charge in [-0.05, 0) is 31.2 Å². The summed E-state index contributed by atoms with van der Waals surface area (Å²) < 4.78 is 0. The van der Waals surface area contributed by atoms with Crippen molar-refractivity contribution in [2.24, 2.45) is 0 Å². The Labute approximate surface area is 127 Å². The van der Waals surface area contributed by atoms with Gasteiger partial charge in [0.25, 0.3) is 0 Å². The molecule has 1 heterocycles. The zero-order valence-corrected chi connectivity index (χ0v) is 12.7. The van der Waals surface area contributed by atoms with Gasteiger partial charge in [-0.1, -0.05) is 29.8 Å². The lowest BCUT2D eigenvalue weighted by molar-refractivity contribution is -0.914. The van der Waals surface area contributed by atoms with E-state index in [4.69, 9.17) is 5.73 Å². The highest BCUT2D eigenvalue weighted by Gasteiger charge is 2.20. The lowest BCUT2D eigenvalue weighted by atomic mass is 10.1. The fraction of sp³-hybridized carbons (Fsp3) is 0.333. The molecule has 110 valence electrons. The molecule has 0 aliphatic carbocycles. The third-order valence-corrected chi connectivity index (χ3v) is 4.30. The highest BCUT2D eigenvalue weighted by molar-refractivity contribution is 5.53. The van der Waals surface area contributed by atoms with Crippen molar-refractivity contribution in [3.05, 3.63) is 59.7 Å². The van der Waals surface area contributed by atoms with E-state index in [1.807, 2.05) is 12.1 Å². The molecule has 2 aromatic rings. The molecule has 1 saturated heterocycles. The van der Waals surface area contributed by atoms with Gasteiger partial charge in [0, 0.05) is 16.9 Å². The van der Waals surface area contributed by atoms with Gasteiger partial charge in [-0.25, -0.2) is 0 Å². The lowest BCUT2D eigenvalue weighted by Gasteiger charge is -2.33. The van der Waals surface area contributed by atoms with Gasteiger partial charge >= 0.3 is 0 Å². The summed E-state index contributed by atoms with van der Waals surface area (Å²) in [5.74, 6) is 0. The Kier molecular flexibility index (Phi) is 4.11. The molecule has 0 bridgehead atoms. The van der Waals surface area contributed by atoms with Crippen LogP contribution in [-0.2, 0) is 6.54 Å². The Hall–Kier alpha value is -2.00. The quantitative estimate of drug-likeness (QED) is 0.836. The maximum absolute atomic E-state index is 5.75. The van der Waals surface area contributed by atoms with E-state index in [-0.39, 0.29) is 0 Å². The van der Waals surface area contributed by atoms with Crippen LogP contribution < -0.4 is 15.5 Å². The molecule has 3 nitrogen and oxygen atoms in total. The smallest absolute Gasteiger partial charge is 0.103 e. The monoisotopic (exact) mass is 282 g/mol. The van der Waals surface area contributed by atoms with Crippen LogP contribution in [0, 0.1) is 6.92 Å². The standard InChI is InChI=1S/C18H23N3/c1-15-2-4-16(5-3-15)14-20-10-12-21(13-11-20)18-8-6-17(19)7-9-18/h2-9H,10-14,19H2,1H3/p+1. The molecule has 3 N–H and O–H groups in total. The molecule has 1 fully saturated rings. The van der Waals surface area contributed by atoms with Crippen LogP contribution in [-0.4, -0.2) is 26.2 Å². The fourth-order valence-corrected chi connectivity index (χ4v) is 2.94. The molecule has 0 spiro atoms. The van der Waals surface area contributed by atoms with Crippen molar-refractivity contribution in [2.45, 2.75) is 13.5 Å². The summed E-state index contributed by atoms with van der Waals surface area (Å²) in [5, 5.41) is 0. The van der Waals surface area contributed by atoms with E-state index in [1.54, 1.807) is 4.90 Å². The summed E-state index contributed by atoms with van der Waals surface area (Å²) in [6, 6.07) is 17.2. The van der Waals surface area contributed by atoms with Crippen LogP contribution >= 0.6 is 0 Å². The molecule has 0 radical (unpaired) electrons. The summed E-state index contributed by atoms with van der Waals surface area (Å²) in [6.07, 6.45) is 0. The SMILES string of the molecule is Cc1ccc(C[NH+]2CCN(c3ccc(N)cc3)CC2)cc1. The number of hydrogen-bond donors (Lipinski definition) is 2. The van der Waals surface area contributed by atoms with Gasteiger partial charge in [-0.15, -0.1) is 0 Å². The first-order chi connectivity index (χ1) is 10.2. The molecule has 1 aliphatic rings. The second-order valence-electron chi connectivity index (χ2n) is 5.99. The maximum Gasteiger partial charge on any atom is 0.103 e. The largest absolute Gasteiger partial charge is 0.399 e. The molecule has 0 amide bonds. The number of aryl methyl sites for hydroxylation is 1. The Morgan fingerprint density at radius 3 is 2.19 bits per heavy atom. The molecule has 1 aliphatic heterocycles. The number of nitrogens with zero attached hydrogens (tertiary/aromatic N) is 1. The zero-order chi connectivity index (χ0) is 14.7. The summed E-state index contributed by atoms with van der Waals surface area (Å²) in [6.45, 7) is 7.89. The van der Waals surface area contributed by atoms with Crippen molar-refractivity contribution in [1.82, 2.24) is 0 Å². The first-order valence-corrected chi connectivity index (χ1v) is 7.70. The summed E-state index contributed by atoms with van der Waals surface area (Å²) in [5.41, 5.74) is 10.7. The van der Waals surface area contributed by atoms with Crippen LogP contribution in [0.25, 0.3) is 0 Å². The Balaban J connectivity index is 1.55. The predicted molar refractivity (Wildman–Crippen MR) is 88.6 cm³/mol. The number of nitrogens with two attached hydrogens (primary N) is 1. The average Bonchev–Trinajstić information content (AvgIpc) is 2.51. The van der Waals surface area contributed by atoms with Gasteiger partial charge in [0.05, 0.1) is 26.2 Å². The van der Waals surface area contributed by atoms with Gasteiger partial charge in [-0.2, -0.15) is 0 Å². The second-order valence-corrected chi connectivity index (χ2v) is 5.99. The van der Waals surface area contributed by atoms with Crippen LogP contribution in [0.3, 0.4) is 0 Å². The average molecular weight is 282 g/mol. The van der Waals surface area contributed by atoms with Crippen molar-refractivity contribution < 1.29 is 4.90 Å². The third-order valence-electron chi connectivity index (χ3n) is 4.30. The number of hydrogen-bond acceptors (Lipinski definition) is 2. The molecule has 0 saturated carbocycles. The molecular weight excluding hydrogens is 258 g/mol. The normalized spacial score (nSPS) is 16.1. The molecule has 0 unspecified atom stereocenters. The molecule has 3 heteroatoms. The predicted octanol–water partition coefficient (Wildman–Crippen LogP) is 1.48. The van der Waals surface area contributed by atoms with Crippen molar-refractivity contribution in [1.29, 1.82) is 0 Å². The number of benzene rings is 2. The Bertz CT molecular complexity index is 566. The minimum absolute atomic E-state index is 0.836. The van der Waals surface area contributed by atoms with Crippen molar-refractivity contribution in [3.63, 3.8) is 0 Å². The van der Waals surface area contributed by atoms with Crippen LogP contribution in [0.4, 0.5) is 11.4 Å². The van der Waals surface area contributed by atoms with Crippen LogP contribution in [0.15, 0.2) is 48.5 Å². The highest BCUT2D eigenvalue weighted by Crippen LogP contribution is 2.16. The zero-order valence-electron chi connectivity index (χ0n) is 12.7. The van der Waals surface area contributed by atoms with Gasteiger partial charge in [0.2, 0.25) is 0 Å². The molecule has 0 atom stereocenters. The molecule has 2 aromatic carbocycles. The summed E-state index contributed by atoms with van der Waals surface area (Å²) in [7, 11) is 0. The van der Waals surface area contributed by atoms with E-state index < -0.39 is 0 Å². The minimum Gasteiger partial charge on any atom is -0.399 e. The van der Waals surface area contributed by atoms with E-state index in [9.17, 15) is 0 Å². The molecule has 3 rings (SSSR count). The van der Waals surface area contributed by atoms with Gasteiger partial charge in [0.1, 0.15) is 6.54 Å². The number of nitrogens with one attached hydrogen (secondary N) is 1. The number of nitrogen functional groups attached to an aromatic ring is 1. The molecule has 0 aromatic heterocycles. The van der Waals surface area contributed by atoms with Gasteiger partial charge in [-0.3, -0.25) is 0 Å². The maximum atomic E-state index is 5.75. The van der Waals surface area contributed by atoms with Crippen molar-refractivity contribution in [3.8, 4) is 0 Å². The lowest BCUT2D eigenvalue weighted by Crippen LogP contribution is -3.13. The number of piperazine rings is 1. The molecular formula is C18H24N3+. The van der Waals surface area contributed by atoms with E-state index in [0.717, 1.165) is 25.3 Å². The van der Waals surface area contributed by atoms with Crippen LogP contribution in [0.2, 0.25) is 0 Å². The topological polar surface area (TPSA) is 33.7 Å². The number of quaternary nitrogens is 1. The van der Waals surface area contributed by atoms with Crippen molar-refractivity contribution >= 4 is 11.4 Å². The minimum atomic E-state index is 0.836. The number of rotatable bonds is 3. The van der Waals surface area contributed by atoms with Crippen LogP contribution in [0.1, 0.15) is 11.1 Å². The second kappa shape index (κ2) is 6.19. The molecule has 21 heavy (non-hydrogen) atoms. The van der Waals surface area contributed by atoms with Gasteiger partial charge in [0.15, 0.2) is 0 Å². The van der Waals surface area contributed by atoms with E-state index in [0.29, 0.717) is 0 Å². The third kappa shape index (κ3) is 3.56. The highest BCUT2D eigenvalue weighted by atomic mass is 15.3. The summed E-state index contributed by atoms with van der Waals surface area (Å²) in [4.78, 5) is 4.13. The van der Waals surface area contributed by atoms with E-state index in [2.05, 4.69) is 48.2 Å². The summed E-state index contributed by atoms with van der Waals surface area (Å²) >= 11 is 0.